The number of nitrogens with one attached hydrogen (secondary N) is 1. The molecule has 0 fully saturated rings. The average molecular weight is 467 g/mol. The maximum absolute atomic E-state index is 13.5. The summed E-state index contributed by atoms with van der Waals surface area (Å²) < 4.78 is 10.5. The molecule has 2 amide bonds. The maximum Gasteiger partial charge on any atom is 0.336 e. The third-order valence-corrected chi connectivity index (χ3v) is 5.92. The van der Waals surface area contributed by atoms with Crippen LogP contribution in [0.4, 0.5) is 0 Å². The van der Waals surface area contributed by atoms with Gasteiger partial charge >= 0.3 is 5.63 Å². The number of nitrogens with two attached hydrogens (primary N) is 1. The number of methoxy groups -OCH3 is 1. The van der Waals surface area contributed by atoms with Crippen LogP contribution in [0.3, 0.4) is 0 Å². The second kappa shape index (κ2) is 8.90. The Hall–Kier alpha value is -4.72. The number of amides is 2. The number of para-hydroxylation sites is 2. The summed E-state index contributed by atoms with van der Waals surface area (Å²) in [6.07, 6.45) is 0.0104. The van der Waals surface area contributed by atoms with Crippen molar-refractivity contribution in [3.63, 3.8) is 0 Å². The van der Waals surface area contributed by atoms with Gasteiger partial charge in [-0.25, -0.2) is 9.78 Å². The van der Waals surface area contributed by atoms with Crippen molar-refractivity contribution in [1.82, 2.24) is 10.3 Å². The summed E-state index contributed by atoms with van der Waals surface area (Å²) in [5.41, 5.74) is 7.65. The van der Waals surface area contributed by atoms with Crippen LogP contribution in [0.2, 0.25) is 0 Å². The van der Waals surface area contributed by atoms with Crippen molar-refractivity contribution in [3.05, 3.63) is 94.3 Å². The number of carbonyl (C=O) groups excluding carboxylic acids is 2. The number of primary amides is 1. The quantitative estimate of drug-likeness (QED) is 0.292. The highest BCUT2D eigenvalue weighted by molar-refractivity contribution is 6.16. The molecule has 3 N–H and O–H groups in total. The van der Waals surface area contributed by atoms with Crippen molar-refractivity contribution in [3.8, 4) is 5.75 Å². The van der Waals surface area contributed by atoms with E-state index in [-0.39, 0.29) is 6.42 Å². The summed E-state index contributed by atoms with van der Waals surface area (Å²) in [7, 11) is 1.51. The first kappa shape index (κ1) is 22.1. The summed E-state index contributed by atoms with van der Waals surface area (Å²) in [5.74, 6) is -0.664. The van der Waals surface area contributed by atoms with E-state index in [1.165, 1.54) is 13.2 Å². The Morgan fingerprint density at radius 1 is 0.971 bits per heavy atom. The zero-order valence-corrected chi connectivity index (χ0v) is 18.8. The minimum Gasteiger partial charge on any atom is -0.497 e. The fourth-order valence-electron chi connectivity index (χ4n) is 4.26. The third kappa shape index (κ3) is 4.17. The lowest BCUT2D eigenvalue weighted by atomic mass is 9.99. The van der Waals surface area contributed by atoms with Crippen molar-refractivity contribution >= 4 is 44.6 Å². The Morgan fingerprint density at radius 2 is 1.63 bits per heavy atom. The van der Waals surface area contributed by atoms with Gasteiger partial charge in [-0.1, -0.05) is 36.4 Å². The topological polar surface area (TPSA) is 125 Å². The molecule has 2 aromatic heterocycles. The largest absolute Gasteiger partial charge is 0.497 e. The zero-order chi connectivity index (χ0) is 24.5. The number of hydrogen-bond donors (Lipinski definition) is 2. The fourth-order valence-corrected chi connectivity index (χ4v) is 4.26. The molecule has 1 atom stereocenters. The first-order valence-corrected chi connectivity index (χ1v) is 10.9. The van der Waals surface area contributed by atoms with Gasteiger partial charge in [0.25, 0.3) is 5.91 Å². The van der Waals surface area contributed by atoms with Crippen LogP contribution in [0.5, 0.6) is 5.75 Å². The van der Waals surface area contributed by atoms with E-state index in [4.69, 9.17) is 14.9 Å². The van der Waals surface area contributed by atoms with Crippen LogP contribution in [0.1, 0.15) is 15.9 Å². The SMILES string of the molecule is COc1ccc2c(C[C@@H](NC(=O)c3c4ccccc4nc4ccccc34)C(N)=O)cc(=O)oc2c1. The highest BCUT2D eigenvalue weighted by atomic mass is 16.5. The Morgan fingerprint density at radius 3 is 2.26 bits per heavy atom. The van der Waals surface area contributed by atoms with E-state index in [0.717, 1.165) is 0 Å². The van der Waals surface area contributed by atoms with Crippen molar-refractivity contribution in [2.75, 3.05) is 7.11 Å². The van der Waals surface area contributed by atoms with Gasteiger partial charge < -0.3 is 20.2 Å². The number of hydrogen-bond acceptors (Lipinski definition) is 6. The number of rotatable bonds is 6. The van der Waals surface area contributed by atoms with Crippen molar-refractivity contribution in [2.24, 2.45) is 5.73 Å². The first-order chi connectivity index (χ1) is 16.9. The number of benzene rings is 3. The Balaban J connectivity index is 1.55. The van der Waals surface area contributed by atoms with E-state index in [1.54, 1.807) is 18.2 Å². The van der Waals surface area contributed by atoms with Gasteiger partial charge in [0.15, 0.2) is 0 Å². The molecule has 8 nitrogen and oxygen atoms in total. The van der Waals surface area contributed by atoms with Crippen LogP contribution in [0.15, 0.2) is 82.0 Å². The van der Waals surface area contributed by atoms with Gasteiger partial charge in [-0.2, -0.15) is 0 Å². The van der Waals surface area contributed by atoms with Gasteiger partial charge in [0.1, 0.15) is 17.4 Å². The fraction of sp³-hybridized carbons (Fsp3) is 0.111. The lowest BCUT2D eigenvalue weighted by molar-refractivity contribution is -0.119. The molecular weight excluding hydrogens is 446 g/mol. The molecule has 0 saturated carbocycles. The highest BCUT2D eigenvalue weighted by Gasteiger charge is 2.24. The van der Waals surface area contributed by atoms with Crippen LogP contribution >= 0.6 is 0 Å². The normalized spacial score (nSPS) is 12.0. The summed E-state index contributed by atoms with van der Waals surface area (Å²) in [6.45, 7) is 0. The summed E-state index contributed by atoms with van der Waals surface area (Å²) in [5, 5.41) is 4.70. The minimum atomic E-state index is -1.07. The minimum absolute atomic E-state index is 0.0104. The molecule has 3 aromatic carbocycles. The van der Waals surface area contributed by atoms with Gasteiger partial charge in [-0.05, 0) is 29.8 Å². The lowest BCUT2D eigenvalue weighted by Gasteiger charge is -2.18. The monoisotopic (exact) mass is 467 g/mol. The van der Waals surface area contributed by atoms with Crippen LogP contribution in [-0.4, -0.2) is 29.9 Å². The molecule has 5 aromatic rings. The van der Waals surface area contributed by atoms with Gasteiger partial charge in [-0.15, -0.1) is 0 Å². The van der Waals surface area contributed by atoms with Crippen LogP contribution in [0.25, 0.3) is 32.8 Å². The predicted molar refractivity (Wildman–Crippen MR) is 132 cm³/mol. The van der Waals surface area contributed by atoms with Crippen molar-refractivity contribution in [2.45, 2.75) is 12.5 Å². The highest BCUT2D eigenvalue weighted by Crippen LogP contribution is 2.27. The Bertz CT molecular complexity index is 1620. The number of nitrogens with zero attached hydrogens (tertiary/aromatic N) is 1. The van der Waals surface area contributed by atoms with Gasteiger partial charge in [-0.3, -0.25) is 9.59 Å². The number of fused-ring (bicyclic) bond motifs is 3. The molecule has 35 heavy (non-hydrogen) atoms. The average Bonchev–Trinajstić information content (AvgIpc) is 2.86. The van der Waals surface area contributed by atoms with Crippen molar-refractivity contribution in [1.29, 1.82) is 0 Å². The summed E-state index contributed by atoms with van der Waals surface area (Å²) in [4.78, 5) is 42.7. The maximum atomic E-state index is 13.5. The molecule has 0 spiro atoms. The number of ether oxygens (including phenoxy) is 1. The van der Waals surface area contributed by atoms with Gasteiger partial charge in [0.2, 0.25) is 5.91 Å². The molecule has 8 heteroatoms. The van der Waals surface area contributed by atoms with Crippen molar-refractivity contribution < 1.29 is 18.7 Å². The smallest absolute Gasteiger partial charge is 0.336 e. The number of pyridine rings is 1. The Kier molecular flexibility index (Phi) is 5.62. The van der Waals surface area contributed by atoms with E-state index in [2.05, 4.69) is 10.3 Å². The molecule has 0 aliphatic rings. The zero-order valence-electron chi connectivity index (χ0n) is 18.8. The molecular formula is C27H21N3O5. The second-order valence-electron chi connectivity index (χ2n) is 8.11. The van der Waals surface area contributed by atoms with Crippen LogP contribution < -0.4 is 21.4 Å². The predicted octanol–water partition coefficient (Wildman–Crippen LogP) is 3.33. The van der Waals surface area contributed by atoms with Crippen LogP contribution in [-0.2, 0) is 11.2 Å². The molecule has 0 aliphatic heterocycles. The first-order valence-electron chi connectivity index (χ1n) is 10.9. The molecule has 0 radical (unpaired) electrons. The summed E-state index contributed by atoms with van der Waals surface area (Å²) in [6, 6.07) is 19.9. The van der Waals surface area contributed by atoms with Crippen LogP contribution in [0, 0.1) is 0 Å². The molecule has 174 valence electrons. The standard InChI is InChI=1S/C27H21N3O5/c1-34-16-10-11-17-15(13-24(31)35-23(17)14-16)12-22(26(28)32)30-27(33)25-18-6-2-4-8-20(18)29-21-9-5-3-7-19(21)25/h2-11,13-14,22H,12H2,1H3,(H2,28,32)(H,30,33)/t22-/m1/s1. The van der Waals surface area contributed by atoms with E-state index in [0.29, 0.717) is 49.7 Å². The lowest BCUT2D eigenvalue weighted by Crippen LogP contribution is -2.46. The molecule has 5 rings (SSSR count). The molecule has 0 saturated heterocycles. The van der Waals surface area contributed by atoms with E-state index in [1.807, 2.05) is 48.5 Å². The Labute approximate surface area is 199 Å². The molecule has 0 aliphatic carbocycles. The van der Waals surface area contributed by atoms with E-state index in [9.17, 15) is 14.4 Å². The molecule has 2 heterocycles. The van der Waals surface area contributed by atoms with Gasteiger partial charge in [0, 0.05) is 34.7 Å². The van der Waals surface area contributed by atoms with E-state index < -0.39 is 23.5 Å². The van der Waals surface area contributed by atoms with Gasteiger partial charge in [0.05, 0.1) is 23.7 Å². The number of aromatic nitrogens is 1. The second-order valence-corrected chi connectivity index (χ2v) is 8.11. The van der Waals surface area contributed by atoms with E-state index >= 15 is 0 Å². The summed E-state index contributed by atoms with van der Waals surface area (Å²) >= 11 is 0. The molecule has 0 unspecified atom stereocenters. The third-order valence-electron chi connectivity index (χ3n) is 5.92. The molecule has 0 bridgehead atoms. The number of carbonyl (C=O) groups is 2.